The summed E-state index contributed by atoms with van der Waals surface area (Å²) < 4.78 is 25.1. The molecule has 4 heterocycles. The molecule has 252 valence electrons. The number of hydrogen-bond donors (Lipinski definition) is 0. The molecular weight excluding hydrogens is 607 g/mol. The summed E-state index contributed by atoms with van der Waals surface area (Å²) in [4.78, 5) is 21.8. The highest BCUT2D eigenvalue weighted by Gasteiger charge is 2.23. The van der Waals surface area contributed by atoms with Gasteiger partial charge in [0.15, 0.2) is 0 Å². The van der Waals surface area contributed by atoms with E-state index in [-0.39, 0.29) is 11.4 Å². The Morgan fingerprint density at radius 1 is 0.979 bits per heavy atom. The van der Waals surface area contributed by atoms with Crippen LogP contribution in [-0.4, -0.2) is 84.7 Å². The SMILES string of the molecule is CCN(CC)c1ccc2cc(/C=C/c3ccc4cc(F)c(N5CCN(Cc6cn(CCCN(C)C)nn6)CC5)cc4[n+]3C)c(=O)oc2c1. The van der Waals surface area contributed by atoms with Gasteiger partial charge >= 0.3 is 5.63 Å². The molecule has 0 amide bonds. The highest BCUT2D eigenvalue weighted by Crippen LogP contribution is 2.27. The second-order valence-corrected chi connectivity index (χ2v) is 12.8. The first-order valence-corrected chi connectivity index (χ1v) is 16.9. The van der Waals surface area contributed by atoms with E-state index in [4.69, 9.17) is 4.42 Å². The summed E-state index contributed by atoms with van der Waals surface area (Å²) in [6, 6.07) is 15.3. The third-order valence-corrected chi connectivity index (χ3v) is 9.26. The van der Waals surface area contributed by atoms with Crippen LogP contribution in [0, 0.1) is 5.82 Å². The molecule has 2 aromatic carbocycles. The van der Waals surface area contributed by atoms with E-state index in [1.54, 1.807) is 12.1 Å². The van der Waals surface area contributed by atoms with Crippen LogP contribution in [0.5, 0.6) is 0 Å². The number of aryl methyl sites for hydroxylation is 2. The van der Waals surface area contributed by atoms with Crippen LogP contribution in [0.15, 0.2) is 63.9 Å². The molecule has 11 heteroatoms. The maximum absolute atomic E-state index is 15.4. The Balaban J connectivity index is 1.15. The van der Waals surface area contributed by atoms with E-state index in [1.807, 2.05) is 65.0 Å². The highest BCUT2D eigenvalue weighted by atomic mass is 19.1. The third kappa shape index (κ3) is 7.42. The minimum atomic E-state index is -0.382. The van der Waals surface area contributed by atoms with Crippen molar-refractivity contribution in [3.63, 3.8) is 0 Å². The Kier molecular flexibility index (Phi) is 10.2. The second-order valence-electron chi connectivity index (χ2n) is 12.8. The monoisotopic (exact) mass is 653 g/mol. The molecule has 10 nitrogen and oxygen atoms in total. The fraction of sp³-hybridized carbons (Fsp3) is 0.405. The first-order valence-electron chi connectivity index (χ1n) is 16.9. The van der Waals surface area contributed by atoms with Crippen molar-refractivity contribution in [2.24, 2.45) is 7.05 Å². The highest BCUT2D eigenvalue weighted by molar-refractivity contribution is 5.84. The van der Waals surface area contributed by atoms with E-state index >= 15 is 4.39 Å². The predicted molar refractivity (Wildman–Crippen MR) is 191 cm³/mol. The number of benzene rings is 2. The molecule has 0 atom stereocenters. The summed E-state index contributed by atoms with van der Waals surface area (Å²) in [5.74, 6) is -0.224. The fourth-order valence-corrected chi connectivity index (χ4v) is 6.46. The molecule has 1 fully saturated rings. The van der Waals surface area contributed by atoms with Crippen LogP contribution in [0.1, 0.15) is 37.2 Å². The zero-order valence-corrected chi connectivity index (χ0v) is 28.7. The van der Waals surface area contributed by atoms with E-state index < -0.39 is 0 Å². The number of halogens is 1. The van der Waals surface area contributed by atoms with E-state index in [0.717, 1.165) is 98.7 Å². The summed E-state index contributed by atoms with van der Waals surface area (Å²) in [7, 11) is 6.11. The zero-order valence-electron chi connectivity index (χ0n) is 28.7. The maximum Gasteiger partial charge on any atom is 0.343 e. The summed E-state index contributed by atoms with van der Waals surface area (Å²) in [5.41, 5.74) is 5.06. The minimum Gasteiger partial charge on any atom is -0.422 e. The third-order valence-electron chi connectivity index (χ3n) is 9.26. The van der Waals surface area contributed by atoms with Crippen molar-refractivity contribution in [1.29, 1.82) is 0 Å². The zero-order chi connectivity index (χ0) is 33.8. The quantitative estimate of drug-likeness (QED) is 0.141. The van der Waals surface area contributed by atoms with Gasteiger partial charge in [0.1, 0.15) is 18.4 Å². The largest absolute Gasteiger partial charge is 0.422 e. The second kappa shape index (κ2) is 14.7. The molecule has 0 saturated carbocycles. The molecule has 6 rings (SSSR count). The van der Waals surface area contributed by atoms with Crippen LogP contribution < -0.4 is 20.0 Å². The maximum atomic E-state index is 15.4. The van der Waals surface area contributed by atoms with Gasteiger partial charge in [-0.05, 0) is 77.3 Å². The summed E-state index contributed by atoms with van der Waals surface area (Å²) >= 11 is 0. The molecule has 0 spiro atoms. The molecule has 1 aliphatic heterocycles. The molecule has 0 N–H and O–H groups in total. The number of rotatable bonds is 12. The van der Waals surface area contributed by atoms with Gasteiger partial charge in [-0.25, -0.2) is 9.18 Å². The number of hydrogen-bond acceptors (Lipinski definition) is 8. The molecule has 1 aliphatic rings. The number of piperazine rings is 1. The average Bonchev–Trinajstić information content (AvgIpc) is 3.52. The van der Waals surface area contributed by atoms with E-state index in [1.165, 1.54) is 0 Å². The van der Waals surface area contributed by atoms with Gasteiger partial charge in [0.05, 0.1) is 16.9 Å². The molecule has 5 aromatic rings. The Morgan fingerprint density at radius 3 is 2.50 bits per heavy atom. The van der Waals surface area contributed by atoms with E-state index in [0.29, 0.717) is 16.8 Å². The lowest BCUT2D eigenvalue weighted by molar-refractivity contribution is -0.646. The molecule has 0 aliphatic carbocycles. The molecule has 0 radical (unpaired) electrons. The van der Waals surface area contributed by atoms with E-state index in [2.05, 4.69) is 63.9 Å². The number of aromatic nitrogens is 4. The Morgan fingerprint density at radius 2 is 1.75 bits per heavy atom. The predicted octanol–water partition coefficient (Wildman–Crippen LogP) is 4.79. The number of nitrogens with zero attached hydrogens (tertiary/aromatic N) is 8. The standard InChI is InChI=1S/C37H46FN8O2/c1-6-44(7-2)32-14-10-28-21-29(37(47)48-36(28)23-32)11-13-31-12-9-27-22-33(38)35(24-34(27)42(31)5)45-19-17-43(18-20-45)25-30-26-46(40-39-30)16-8-15-41(3)4/h9-14,21-24,26H,6-8,15-20,25H2,1-5H3/q+1. The fourth-order valence-electron chi connectivity index (χ4n) is 6.46. The molecular formula is C37H46FN8O2+. The average molecular weight is 654 g/mol. The van der Waals surface area contributed by atoms with Gasteiger partial charge in [0, 0.05) is 99.3 Å². The molecule has 0 unspecified atom stereocenters. The lowest BCUT2D eigenvalue weighted by Crippen LogP contribution is -2.46. The molecule has 48 heavy (non-hydrogen) atoms. The van der Waals surface area contributed by atoms with Crippen molar-refractivity contribution in [2.75, 3.05) is 69.7 Å². The summed E-state index contributed by atoms with van der Waals surface area (Å²) in [5, 5.41) is 10.3. The summed E-state index contributed by atoms with van der Waals surface area (Å²) in [6.45, 7) is 11.6. The van der Waals surface area contributed by atoms with Crippen LogP contribution in [0.2, 0.25) is 0 Å². The van der Waals surface area contributed by atoms with Gasteiger partial charge in [-0.1, -0.05) is 5.21 Å². The van der Waals surface area contributed by atoms with Gasteiger partial charge in [-0.2, -0.15) is 4.57 Å². The van der Waals surface area contributed by atoms with Gasteiger partial charge in [-0.3, -0.25) is 9.58 Å². The Hall–Kier alpha value is -4.61. The van der Waals surface area contributed by atoms with Crippen molar-refractivity contribution in [2.45, 2.75) is 33.4 Å². The smallest absolute Gasteiger partial charge is 0.343 e. The van der Waals surface area contributed by atoms with Crippen LogP contribution in [0.25, 0.3) is 34.0 Å². The Bertz CT molecular complexity index is 1970. The van der Waals surface area contributed by atoms with Crippen molar-refractivity contribution in [1.82, 2.24) is 24.8 Å². The van der Waals surface area contributed by atoms with Crippen molar-refractivity contribution < 1.29 is 13.4 Å². The van der Waals surface area contributed by atoms with Gasteiger partial charge in [0.2, 0.25) is 11.2 Å². The normalized spacial score (nSPS) is 14.3. The lowest BCUT2D eigenvalue weighted by Gasteiger charge is -2.35. The van der Waals surface area contributed by atoms with Crippen molar-refractivity contribution in [3.05, 3.63) is 87.9 Å². The van der Waals surface area contributed by atoms with Crippen molar-refractivity contribution >= 4 is 45.4 Å². The molecule has 1 saturated heterocycles. The van der Waals surface area contributed by atoms with Crippen LogP contribution in [-0.2, 0) is 20.1 Å². The van der Waals surface area contributed by atoms with E-state index in [9.17, 15) is 4.79 Å². The van der Waals surface area contributed by atoms with Crippen LogP contribution >= 0.6 is 0 Å². The molecule has 3 aromatic heterocycles. The van der Waals surface area contributed by atoms with Crippen LogP contribution in [0.3, 0.4) is 0 Å². The number of fused-ring (bicyclic) bond motifs is 2. The number of pyridine rings is 1. The minimum absolute atomic E-state index is 0.224. The van der Waals surface area contributed by atoms with Gasteiger partial charge in [0.25, 0.3) is 0 Å². The van der Waals surface area contributed by atoms with Crippen molar-refractivity contribution in [3.8, 4) is 0 Å². The first-order chi connectivity index (χ1) is 23.2. The summed E-state index contributed by atoms with van der Waals surface area (Å²) in [6.07, 6.45) is 6.76. The number of anilines is 2. The molecule has 0 bridgehead atoms. The Labute approximate surface area is 281 Å². The lowest BCUT2D eigenvalue weighted by atomic mass is 10.1. The van der Waals surface area contributed by atoms with Gasteiger partial charge < -0.3 is 19.1 Å². The first kappa shape index (κ1) is 33.3. The van der Waals surface area contributed by atoms with Crippen LogP contribution in [0.4, 0.5) is 15.8 Å². The van der Waals surface area contributed by atoms with Gasteiger partial charge in [-0.15, -0.1) is 5.10 Å². The topological polar surface area (TPSA) is 77.8 Å².